The van der Waals surface area contributed by atoms with E-state index in [1.165, 1.54) is 11.1 Å². The number of carbonyl (C=O) groups is 1. The van der Waals surface area contributed by atoms with Gasteiger partial charge >= 0.3 is 0 Å². The minimum atomic E-state index is -0.0470. The van der Waals surface area contributed by atoms with E-state index in [1.54, 1.807) is 7.11 Å². The summed E-state index contributed by atoms with van der Waals surface area (Å²) in [5.41, 5.74) is 2.61. The second kappa shape index (κ2) is 6.01. The summed E-state index contributed by atoms with van der Waals surface area (Å²) in [5.74, 6) is 0.0714. The van der Waals surface area contributed by atoms with Crippen molar-refractivity contribution in [2.45, 2.75) is 44.2 Å². The van der Waals surface area contributed by atoms with Gasteiger partial charge in [0.2, 0.25) is 5.91 Å². The Kier molecular flexibility index (Phi) is 4.24. The van der Waals surface area contributed by atoms with Gasteiger partial charge in [0.15, 0.2) is 0 Å². The summed E-state index contributed by atoms with van der Waals surface area (Å²) in [6, 6.07) is 8.47. The Bertz CT molecular complexity index is 550. The first-order valence-corrected chi connectivity index (χ1v) is 8.23. The van der Waals surface area contributed by atoms with Gasteiger partial charge in [-0.15, -0.1) is 0 Å². The molecule has 4 nitrogen and oxygen atoms in total. The van der Waals surface area contributed by atoms with E-state index in [9.17, 15) is 4.79 Å². The highest BCUT2D eigenvalue weighted by atomic mass is 16.5. The quantitative estimate of drug-likeness (QED) is 0.899. The van der Waals surface area contributed by atoms with Gasteiger partial charge in [-0.2, -0.15) is 0 Å². The predicted octanol–water partition coefficient (Wildman–Crippen LogP) is 2.15. The molecule has 1 aliphatic heterocycles. The van der Waals surface area contributed by atoms with Crippen molar-refractivity contribution in [2.75, 3.05) is 20.2 Å². The third kappa shape index (κ3) is 2.34. The maximum atomic E-state index is 12.3. The third-order valence-corrected chi connectivity index (χ3v) is 5.25. The van der Waals surface area contributed by atoms with Crippen LogP contribution in [0.1, 0.15) is 43.9 Å². The van der Waals surface area contributed by atoms with Crippen LogP contribution in [0.15, 0.2) is 24.3 Å². The number of nitrogens with one attached hydrogen (secondary N) is 2. The lowest BCUT2D eigenvalue weighted by Crippen LogP contribution is -2.49. The van der Waals surface area contributed by atoms with Crippen LogP contribution < -0.4 is 10.6 Å². The summed E-state index contributed by atoms with van der Waals surface area (Å²) < 4.78 is 5.94. The molecule has 0 aromatic heterocycles. The first-order valence-electron chi connectivity index (χ1n) is 8.23. The first-order chi connectivity index (χ1) is 10.6. The molecule has 0 bridgehead atoms. The highest BCUT2D eigenvalue weighted by Crippen LogP contribution is 2.51. The Hall–Kier alpha value is -1.39. The predicted molar refractivity (Wildman–Crippen MR) is 86.7 cm³/mol. The van der Waals surface area contributed by atoms with Crippen LogP contribution in [-0.2, 0) is 14.9 Å². The van der Waals surface area contributed by atoms with Gasteiger partial charge in [0.05, 0.1) is 12.1 Å². The van der Waals surface area contributed by atoms with Crippen LogP contribution in [0.3, 0.4) is 0 Å². The van der Waals surface area contributed by atoms with Crippen molar-refractivity contribution in [1.29, 1.82) is 0 Å². The molecule has 120 valence electrons. The molecule has 2 aliphatic rings. The maximum Gasteiger partial charge on any atom is 0.223 e. The monoisotopic (exact) mass is 302 g/mol. The van der Waals surface area contributed by atoms with E-state index in [-0.39, 0.29) is 29.4 Å². The lowest BCUT2D eigenvalue weighted by atomic mass is 9.72. The van der Waals surface area contributed by atoms with Gasteiger partial charge in [-0.05, 0) is 37.1 Å². The molecule has 4 heteroatoms. The van der Waals surface area contributed by atoms with Crippen LogP contribution in [0.2, 0.25) is 0 Å². The number of methoxy groups -OCH3 is 1. The summed E-state index contributed by atoms with van der Waals surface area (Å²) in [6.45, 7) is 5.86. The van der Waals surface area contributed by atoms with E-state index >= 15 is 0 Å². The van der Waals surface area contributed by atoms with Crippen LogP contribution in [0.4, 0.5) is 0 Å². The molecule has 22 heavy (non-hydrogen) atoms. The third-order valence-electron chi connectivity index (χ3n) is 5.25. The number of piperidine rings is 1. The van der Waals surface area contributed by atoms with E-state index < -0.39 is 0 Å². The van der Waals surface area contributed by atoms with Gasteiger partial charge in [-0.25, -0.2) is 0 Å². The van der Waals surface area contributed by atoms with Crippen molar-refractivity contribution in [1.82, 2.24) is 10.6 Å². The molecule has 3 rings (SSSR count). The minimum absolute atomic E-state index is 0.00898. The normalized spacial score (nSPS) is 26.2. The molecule has 0 radical (unpaired) electrons. The van der Waals surface area contributed by atoms with Gasteiger partial charge in [-0.1, -0.05) is 38.1 Å². The standard InChI is InChI=1S/C18H26N2O2/c1-12(2)17(21)20-15-13-6-4-5-7-14(13)18(16(15)22-3)8-10-19-11-9-18/h4-7,12,15-16,19H,8-11H2,1-3H3,(H,20,21)/t15-,16+/m0/s1. The van der Waals surface area contributed by atoms with Crippen molar-refractivity contribution in [3.8, 4) is 0 Å². The molecular weight excluding hydrogens is 276 g/mol. The lowest BCUT2D eigenvalue weighted by Gasteiger charge is -2.40. The fraction of sp³-hybridized carbons (Fsp3) is 0.611. The van der Waals surface area contributed by atoms with Crippen molar-refractivity contribution < 1.29 is 9.53 Å². The van der Waals surface area contributed by atoms with Gasteiger partial charge < -0.3 is 15.4 Å². The maximum absolute atomic E-state index is 12.3. The van der Waals surface area contributed by atoms with Crippen molar-refractivity contribution >= 4 is 5.91 Å². The fourth-order valence-corrected chi connectivity index (χ4v) is 4.12. The Morgan fingerprint density at radius 3 is 2.64 bits per heavy atom. The summed E-state index contributed by atoms with van der Waals surface area (Å²) in [5, 5.41) is 6.67. The van der Waals surface area contributed by atoms with Gasteiger partial charge in [0.1, 0.15) is 0 Å². The van der Waals surface area contributed by atoms with E-state index in [2.05, 4.69) is 34.9 Å². The smallest absolute Gasteiger partial charge is 0.223 e. The molecule has 2 atom stereocenters. The van der Waals surface area contributed by atoms with Gasteiger partial charge in [0.25, 0.3) is 0 Å². The molecule has 1 aromatic rings. The number of amides is 1. The average Bonchev–Trinajstić information content (AvgIpc) is 2.78. The Morgan fingerprint density at radius 2 is 2.00 bits per heavy atom. The molecule has 1 saturated heterocycles. The zero-order valence-corrected chi connectivity index (χ0v) is 13.7. The first kappa shape index (κ1) is 15.5. The highest BCUT2D eigenvalue weighted by Gasteiger charge is 2.53. The number of fused-ring (bicyclic) bond motifs is 2. The SMILES string of the molecule is CO[C@@H]1[C@@H](NC(=O)C(C)C)c2ccccc2C12CCNCC2. The van der Waals surface area contributed by atoms with E-state index in [0.717, 1.165) is 25.9 Å². The second-order valence-corrected chi connectivity index (χ2v) is 6.79. The molecular formula is C18H26N2O2. The van der Waals surface area contributed by atoms with Crippen LogP contribution in [0.5, 0.6) is 0 Å². The molecule has 0 saturated carbocycles. The number of ether oxygens (including phenoxy) is 1. The van der Waals surface area contributed by atoms with Gasteiger partial charge in [0, 0.05) is 18.4 Å². The average molecular weight is 302 g/mol. The lowest BCUT2D eigenvalue weighted by molar-refractivity contribution is -0.126. The van der Waals surface area contributed by atoms with Crippen LogP contribution >= 0.6 is 0 Å². The van der Waals surface area contributed by atoms with Crippen LogP contribution in [0, 0.1) is 5.92 Å². The van der Waals surface area contributed by atoms with Crippen molar-refractivity contribution in [2.24, 2.45) is 5.92 Å². The molecule has 1 spiro atoms. The Morgan fingerprint density at radius 1 is 1.32 bits per heavy atom. The number of rotatable bonds is 3. The van der Waals surface area contributed by atoms with E-state index in [4.69, 9.17) is 4.74 Å². The van der Waals surface area contributed by atoms with Gasteiger partial charge in [-0.3, -0.25) is 4.79 Å². The van der Waals surface area contributed by atoms with E-state index in [0.29, 0.717) is 0 Å². The van der Waals surface area contributed by atoms with E-state index in [1.807, 2.05) is 13.8 Å². The molecule has 1 heterocycles. The number of hydrogen-bond acceptors (Lipinski definition) is 3. The summed E-state index contributed by atoms with van der Waals surface area (Å²) >= 11 is 0. The fourth-order valence-electron chi connectivity index (χ4n) is 4.12. The van der Waals surface area contributed by atoms with Crippen LogP contribution in [-0.4, -0.2) is 32.2 Å². The number of benzene rings is 1. The van der Waals surface area contributed by atoms with Crippen LogP contribution in [0.25, 0.3) is 0 Å². The second-order valence-electron chi connectivity index (χ2n) is 6.79. The topological polar surface area (TPSA) is 50.4 Å². The van der Waals surface area contributed by atoms with Crippen molar-refractivity contribution in [3.63, 3.8) is 0 Å². The summed E-state index contributed by atoms with van der Waals surface area (Å²) in [6.07, 6.45) is 2.11. The molecule has 1 aliphatic carbocycles. The number of hydrogen-bond donors (Lipinski definition) is 2. The Balaban J connectivity index is 2.01. The molecule has 2 N–H and O–H groups in total. The highest BCUT2D eigenvalue weighted by molar-refractivity contribution is 5.78. The molecule has 1 aromatic carbocycles. The van der Waals surface area contributed by atoms with Crippen molar-refractivity contribution in [3.05, 3.63) is 35.4 Å². The molecule has 0 unspecified atom stereocenters. The number of carbonyl (C=O) groups excluding carboxylic acids is 1. The largest absolute Gasteiger partial charge is 0.378 e. The summed E-state index contributed by atoms with van der Waals surface area (Å²) in [7, 11) is 1.77. The summed E-state index contributed by atoms with van der Waals surface area (Å²) in [4.78, 5) is 12.3. The Labute approximate surface area is 132 Å². The zero-order valence-electron chi connectivity index (χ0n) is 13.7. The molecule has 1 amide bonds. The molecule has 1 fully saturated rings. The minimum Gasteiger partial charge on any atom is -0.378 e. The zero-order chi connectivity index (χ0) is 15.7.